The lowest BCUT2D eigenvalue weighted by atomic mass is 10.3. The van der Waals surface area contributed by atoms with Crippen LogP contribution in [-0.4, -0.2) is 61.7 Å². The molecule has 0 bridgehead atoms. The Balaban J connectivity index is 1.87. The molecule has 1 heterocycles. The number of nitrogens with zero attached hydrogens (tertiary/aromatic N) is 2. The summed E-state index contributed by atoms with van der Waals surface area (Å²) in [4.78, 5) is 14.6. The lowest BCUT2D eigenvalue weighted by molar-refractivity contribution is -0.129. The summed E-state index contributed by atoms with van der Waals surface area (Å²) < 4.78 is 24.3. The topological polar surface area (TPSA) is 57.7 Å². The van der Waals surface area contributed by atoms with Crippen LogP contribution >= 0.6 is 35.0 Å². The SMILES string of the molecule is CS(=O)(=O)N1CCN(C(=O)CSc2cc(Cl)ccc2Cl)CC1. The minimum absolute atomic E-state index is 0.0332. The number of hydrogen-bond acceptors (Lipinski definition) is 4. The van der Waals surface area contributed by atoms with Gasteiger partial charge in [0, 0.05) is 36.1 Å². The number of piperazine rings is 1. The molecule has 0 aliphatic carbocycles. The van der Waals surface area contributed by atoms with Gasteiger partial charge in [0.25, 0.3) is 0 Å². The maximum absolute atomic E-state index is 12.2. The first kappa shape index (κ1) is 17.9. The summed E-state index contributed by atoms with van der Waals surface area (Å²) >= 11 is 13.3. The second-order valence-electron chi connectivity index (χ2n) is 4.91. The van der Waals surface area contributed by atoms with Gasteiger partial charge in [-0.15, -0.1) is 11.8 Å². The molecule has 1 aliphatic rings. The molecule has 0 saturated carbocycles. The maximum atomic E-state index is 12.2. The molecule has 1 fully saturated rings. The normalized spacial score (nSPS) is 16.8. The van der Waals surface area contributed by atoms with E-state index in [9.17, 15) is 13.2 Å². The standard InChI is InChI=1S/C13H16Cl2N2O3S2/c1-22(19,20)17-6-4-16(5-7-17)13(18)9-21-12-8-10(14)2-3-11(12)15/h2-3,8H,4-7,9H2,1H3. The Kier molecular flexibility index (Phi) is 6.01. The van der Waals surface area contributed by atoms with E-state index in [0.717, 1.165) is 4.90 Å². The molecule has 1 aliphatic heterocycles. The number of amides is 1. The van der Waals surface area contributed by atoms with Crippen LogP contribution in [0.1, 0.15) is 0 Å². The van der Waals surface area contributed by atoms with Crippen molar-refractivity contribution < 1.29 is 13.2 Å². The summed E-state index contributed by atoms with van der Waals surface area (Å²) in [6, 6.07) is 5.12. The van der Waals surface area contributed by atoms with E-state index in [1.54, 1.807) is 23.1 Å². The zero-order chi connectivity index (χ0) is 16.3. The minimum Gasteiger partial charge on any atom is -0.339 e. The predicted octanol–water partition coefficient (Wildman–Crippen LogP) is 2.19. The fourth-order valence-corrected chi connectivity index (χ4v) is 4.31. The van der Waals surface area contributed by atoms with Crippen LogP contribution in [0.3, 0.4) is 0 Å². The van der Waals surface area contributed by atoms with Crippen LogP contribution in [0.15, 0.2) is 23.1 Å². The van der Waals surface area contributed by atoms with Crippen molar-refractivity contribution in [2.24, 2.45) is 0 Å². The predicted molar refractivity (Wildman–Crippen MR) is 90.2 cm³/mol. The first-order valence-corrected chi connectivity index (χ1v) is 10.2. The van der Waals surface area contributed by atoms with E-state index in [1.165, 1.54) is 22.3 Å². The Hall–Kier alpha value is -0.470. The summed E-state index contributed by atoms with van der Waals surface area (Å²) in [7, 11) is -3.18. The fraction of sp³-hybridized carbons (Fsp3) is 0.462. The van der Waals surface area contributed by atoms with Crippen LogP contribution in [0.5, 0.6) is 0 Å². The molecule has 1 saturated heterocycles. The molecule has 0 N–H and O–H groups in total. The number of rotatable bonds is 4. The number of sulfonamides is 1. The van der Waals surface area contributed by atoms with E-state index in [-0.39, 0.29) is 11.7 Å². The average molecular weight is 383 g/mol. The molecule has 122 valence electrons. The molecule has 5 nitrogen and oxygen atoms in total. The molecule has 0 spiro atoms. The first-order valence-electron chi connectivity index (χ1n) is 6.58. The second-order valence-corrected chi connectivity index (χ2v) is 8.75. The average Bonchev–Trinajstić information content (AvgIpc) is 2.47. The van der Waals surface area contributed by atoms with Crippen molar-refractivity contribution in [3.05, 3.63) is 28.2 Å². The number of halogens is 2. The molecule has 1 amide bonds. The van der Waals surface area contributed by atoms with Crippen LogP contribution < -0.4 is 0 Å². The third kappa shape index (κ3) is 4.76. The molecule has 22 heavy (non-hydrogen) atoms. The van der Waals surface area contributed by atoms with Crippen LogP contribution in [0.4, 0.5) is 0 Å². The molecule has 0 radical (unpaired) electrons. The Bertz CT molecular complexity index is 659. The quantitative estimate of drug-likeness (QED) is 0.748. The molecular weight excluding hydrogens is 367 g/mol. The third-order valence-corrected chi connectivity index (χ3v) is 6.32. The van der Waals surface area contributed by atoms with E-state index in [0.29, 0.717) is 36.2 Å². The molecule has 2 rings (SSSR count). The highest BCUT2D eigenvalue weighted by Gasteiger charge is 2.25. The highest BCUT2D eigenvalue weighted by Crippen LogP contribution is 2.30. The summed E-state index contributed by atoms with van der Waals surface area (Å²) in [5.41, 5.74) is 0. The van der Waals surface area contributed by atoms with E-state index in [1.807, 2.05) is 0 Å². The molecule has 0 atom stereocenters. The summed E-state index contributed by atoms with van der Waals surface area (Å²) in [5.74, 6) is 0.216. The summed E-state index contributed by atoms with van der Waals surface area (Å²) in [6.07, 6.45) is 1.18. The number of thioether (sulfide) groups is 1. The zero-order valence-corrected chi connectivity index (χ0v) is 15.1. The molecule has 9 heteroatoms. The Morgan fingerprint density at radius 2 is 1.86 bits per heavy atom. The lowest BCUT2D eigenvalue weighted by Gasteiger charge is -2.33. The van der Waals surface area contributed by atoms with Gasteiger partial charge < -0.3 is 4.90 Å². The van der Waals surface area contributed by atoms with Crippen molar-refractivity contribution >= 4 is 50.9 Å². The van der Waals surface area contributed by atoms with E-state index in [2.05, 4.69) is 0 Å². The van der Waals surface area contributed by atoms with Gasteiger partial charge in [-0.3, -0.25) is 4.79 Å². The van der Waals surface area contributed by atoms with Crippen molar-refractivity contribution in [2.75, 3.05) is 38.2 Å². The van der Waals surface area contributed by atoms with Crippen molar-refractivity contribution in [2.45, 2.75) is 4.90 Å². The van der Waals surface area contributed by atoms with Gasteiger partial charge in [0.15, 0.2) is 0 Å². The number of hydrogen-bond donors (Lipinski definition) is 0. The lowest BCUT2D eigenvalue weighted by Crippen LogP contribution is -2.50. The van der Waals surface area contributed by atoms with Gasteiger partial charge in [0.2, 0.25) is 15.9 Å². The van der Waals surface area contributed by atoms with Crippen molar-refractivity contribution in [3.8, 4) is 0 Å². The van der Waals surface area contributed by atoms with Crippen LogP contribution in [-0.2, 0) is 14.8 Å². The first-order chi connectivity index (χ1) is 10.3. The monoisotopic (exact) mass is 382 g/mol. The third-order valence-electron chi connectivity index (χ3n) is 3.30. The van der Waals surface area contributed by atoms with Crippen molar-refractivity contribution in [3.63, 3.8) is 0 Å². The highest BCUT2D eigenvalue weighted by molar-refractivity contribution is 8.00. The largest absolute Gasteiger partial charge is 0.339 e. The molecule has 1 aromatic rings. The van der Waals surface area contributed by atoms with E-state index in [4.69, 9.17) is 23.2 Å². The van der Waals surface area contributed by atoms with Gasteiger partial charge in [0.1, 0.15) is 0 Å². The molecule has 0 aromatic heterocycles. The van der Waals surface area contributed by atoms with Crippen LogP contribution in [0, 0.1) is 0 Å². The van der Waals surface area contributed by atoms with Gasteiger partial charge >= 0.3 is 0 Å². The van der Waals surface area contributed by atoms with Gasteiger partial charge in [-0.1, -0.05) is 23.2 Å². The smallest absolute Gasteiger partial charge is 0.233 e. The number of carbonyl (C=O) groups excluding carboxylic acids is 1. The Morgan fingerprint density at radius 3 is 2.45 bits per heavy atom. The number of benzene rings is 1. The molecular formula is C13H16Cl2N2O3S2. The summed E-state index contributed by atoms with van der Waals surface area (Å²) in [6.45, 7) is 1.51. The molecule has 1 aromatic carbocycles. The van der Waals surface area contributed by atoms with Gasteiger partial charge in [-0.05, 0) is 18.2 Å². The van der Waals surface area contributed by atoms with Crippen molar-refractivity contribution in [1.82, 2.24) is 9.21 Å². The van der Waals surface area contributed by atoms with E-state index < -0.39 is 10.0 Å². The van der Waals surface area contributed by atoms with Gasteiger partial charge in [-0.2, -0.15) is 4.31 Å². The Labute approximate surface area is 144 Å². The summed E-state index contributed by atoms with van der Waals surface area (Å²) in [5, 5.41) is 1.13. The van der Waals surface area contributed by atoms with Crippen LogP contribution in [0.25, 0.3) is 0 Å². The highest BCUT2D eigenvalue weighted by atomic mass is 35.5. The second kappa shape index (κ2) is 7.40. The molecule has 0 unspecified atom stereocenters. The maximum Gasteiger partial charge on any atom is 0.233 e. The van der Waals surface area contributed by atoms with Gasteiger partial charge in [0.05, 0.1) is 17.0 Å². The van der Waals surface area contributed by atoms with Crippen LogP contribution in [0.2, 0.25) is 10.0 Å². The fourth-order valence-electron chi connectivity index (χ4n) is 2.09. The minimum atomic E-state index is -3.18. The zero-order valence-electron chi connectivity index (χ0n) is 12.0. The van der Waals surface area contributed by atoms with Crippen molar-refractivity contribution in [1.29, 1.82) is 0 Å². The Morgan fingerprint density at radius 1 is 1.23 bits per heavy atom. The van der Waals surface area contributed by atoms with Gasteiger partial charge in [-0.25, -0.2) is 8.42 Å². The number of carbonyl (C=O) groups is 1. The van der Waals surface area contributed by atoms with E-state index >= 15 is 0 Å².